The number of pyridine rings is 1. The van der Waals surface area contributed by atoms with Gasteiger partial charge in [-0.05, 0) is 37.8 Å². The van der Waals surface area contributed by atoms with E-state index in [0.717, 1.165) is 44.1 Å². The highest BCUT2D eigenvalue weighted by Gasteiger charge is 2.24. The second kappa shape index (κ2) is 6.63. The summed E-state index contributed by atoms with van der Waals surface area (Å²) in [5.41, 5.74) is 0.691. The second-order valence-electron chi connectivity index (χ2n) is 6.63. The molecule has 0 unspecified atom stereocenters. The number of fused-ring (bicyclic) bond motifs is 1. The van der Waals surface area contributed by atoms with Gasteiger partial charge in [0.2, 0.25) is 0 Å². The van der Waals surface area contributed by atoms with Gasteiger partial charge in [-0.3, -0.25) is 4.79 Å². The first kappa shape index (κ1) is 15.2. The zero-order valence-corrected chi connectivity index (χ0v) is 13.8. The van der Waals surface area contributed by atoms with E-state index < -0.39 is 0 Å². The molecule has 0 bridgehead atoms. The number of aryl methyl sites for hydroxylation is 1. The molecule has 0 aromatic carbocycles. The summed E-state index contributed by atoms with van der Waals surface area (Å²) in [6, 6.07) is 3.88. The minimum atomic E-state index is -0.0164. The molecular formula is C18H23N5O. The summed E-state index contributed by atoms with van der Waals surface area (Å²) in [5.74, 6) is 1.92. The Bertz CT molecular complexity index is 720. The monoisotopic (exact) mass is 325 g/mol. The Morgan fingerprint density at radius 2 is 2.04 bits per heavy atom. The van der Waals surface area contributed by atoms with Gasteiger partial charge in [0.05, 0.1) is 5.56 Å². The number of hydrogen-bond donors (Lipinski definition) is 1. The number of nitrogens with zero attached hydrogens (tertiary/aromatic N) is 4. The van der Waals surface area contributed by atoms with Crippen LogP contribution in [0.3, 0.4) is 0 Å². The van der Waals surface area contributed by atoms with E-state index in [1.807, 2.05) is 24.5 Å². The standard InChI is InChI=1S/C18H23N5O/c24-18(21-14-6-7-16-19-9-12-23(16)13-14)15-5-4-8-20-17(15)22-10-2-1-3-11-22/h4-5,8-9,12,14H,1-3,6-7,10-11,13H2,(H,21,24)/t14-/m0/s1. The maximum absolute atomic E-state index is 12.8. The van der Waals surface area contributed by atoms with E-state index in [0.29, 0.717) is 5.56 Å². The zero-order valence-electron chi connectivity index (χ0n) is 13.8. The molecule has 0 aliphatic carbocycles. The van der Waals surface area contributed by atoms with Gasteiger partial charge in [0.1, 0.15) is 11.6 Å². The van der Waals surface area contributed by atoms with E-state index in [9.17, 15) is 4.79 Å². The Morgan fingerprint density at radius 3 is 2.92 bits per heavy atom. The lowest BCUT2D eigenvalue weighted by Gasteiger charge is -2.30. The Balaban J connectivity index is 1.49. The van der Waals surface area contributed by atoms with Gasteiger partial charge in [-0.2, -0.15) is 0 Å². The molecule has 0 saturated carbocycles. The summed E-state index contributed by atoms with van der Waals surface area (Å²) in [7, 11) is 0. The largest absolute Gasteiger partial charge is 0.356 e. The number of rotatable bonds is 3. The lowest BCUT2D eigenvalue weighted by atomic mass is 10.1. The molecule has 4 rings (SSSR count). The fraction of sp³-hybridized carbons (Fsp3) is 0.500. The summed E-state index contributed by atoms with van der Waals surface area (Å²) in [6.45, 7) is 2.76. The minimum Gasteiger partial charge on any atom is -0.356 e. The van der Waals surface area contributed by atoms with Gasteiger partial charge in [-0.1, -0.05) is 0 Å². The first-order valence-electron chi connectivity index (χ1n) is 8.82. The zero-order chi connectivity index (χ0) is 16.4. The molecule has 0 spiro atoms. The normalized spacial score (nSPS) is 20.5. The lowest BCUT2D eigenvalue weighted by Crippen LogP contribution is -2.42. The fourth-order valence-corrected chi connectivity index (χ4v) is 3.68. The van der Waals surface area contributed by atoms with Gasteiger partial charge in [0.25, 0.3) is 5.91 Å². The predicted octanol–water partition coefficient (Wildman–Crippen LogP) is 2.01. The van der Waals surface area contributed by atoms with E-state index in [1.54, 1.807) is 6.20 Å². The van der Waals surface area contributed by atoms with Crippen LogP contribution < -0.4 is 10.2 Å². The first-order valence-corrected chi connectivity index (χ1v) is 8.82. The summed E-state index contributed by atoms with van der Waals surface area (Å²) in [6.07, 6.45) is 11.0. The topological polar surface area (TPSA) is 63.1 Å². The van der Waals surface area contributed by atoms with E-state index in [2.05, 4.69) is 24.8 Å². The Kier molecular flexibility index (Phi) is 4.19. The smallest absolute Gasteiger partial charge is 0.255 e. The Hall–Kier alpha value is -2.37. The SMILES string of the molecule is O=C(N[C@H]1CCc2nccn2C1)c1cccnc1N1CCCCC1. The third kappa shape index (κ3) is 3.00. The van der Waals surface area contributed by atoms with Crippen molar-refractivity contribution < 1.29 is 4.79 Å². The van der Waals surface area contributed by atoms with Crippen LogP contribution in [0.15, 0.2) is 30.7 Å². The molecule has 1 saturated heterocycles. The van der Waals surface area contributed by atoms with Crippen molar-refractivity contribution in [2.24, 2.45) is 0 Å². The van der Waals surface area contributed by atoms with Crippen LogP contribution in [0, 0.1) is 0 Å². The molecule has 2 aromatic rings. The average Bonchev–Trinajstić information content (AvgIpc) is 3.10. The molecule has 1 fully saturated rings. The van der Waals surface area contributed by atoms with Gasteiger partial charge in [-0.25, -0.2) is 9.97 Å². The molecule has 24 heavy (non-hydrogen) atoms. The molecule has 1 atom stereocenters. The van der Waals surface area contributed by atoms with Crippen LogP contribution in [-0.4, -0.2) is 39.6 Å². The second-order valence-corrected chi connectivity index (χ2v) is 6.63. The highest BCUT2D eigenvalue weighted by Crippen LogP contribution is 2.22. The van der Waals surface area contributed by atoms with Crippen LogP contribution in [0.2, 0.25) is 0 Å². The molecule has 2 aromatic heterocycles. The van der Waals surface area contributed by atoms with Gasteiger partial charge >= 0.3 is 0 Å². The number of amides is 1. The van der Waals surface area contributed by atoms with Crippen molar-refractivity contribution in [3.63, 3.8) is 0 Å². The maximum Gasteiger partial charge on any atom is 0.255 e. The summed E-state index contributed by atoms with van der Waals surface area (Å²) < 4.78 is 2.13. The van der Waals surface area contributed by atoms with Crippen LogP contribution in [0.1, 0.15) is 41.9 Å². The highest BCUT2D eigenvalue weighted by molar-refractivity contribution is 5.99. The number of anilines is 1. The highest BCUT2D eigenvalue weighted by atomic mass is 16.1. The van der Waals surface area contributed by atoms with Gasteiger partial charge in [0, 0.05) is 50.7 Å². The number of carbonyl (C=O) groups excluding carboxylic acids is 1. The molecule has 0 radical (unpaired) electrons. The molecule has 6 heteroatoms. The van der Waals surface area contributed by atoms with Crippen molar-refractivity contribution >= 4 is 11.7 Å². The van der Waals surface area contributed by atoms with E-state index >= 15 is 0 Å². The molecule has 1 N–H and O–H groups in total. The fourth-order valence-electron chi connectivity index (χ4n) is 3.68. The summed E-state index contributed by atoms with van der Waals surface area (Å²) in [5, 5.41) is 3.19. The lowest BCUT2D eigenvalue weighted by molar-refractivity contribution is 0.0927. The Morgan fingerprint density at radius 1 is 1.17 bits per heavy atom. The Labute approximate surface area is 141 Å². The van der Waals surface area contributed by atoms with E-state index in [4.69, 9.17) is 0 Å². The molecule has 126 valence electrons. The predicted molar refractivity (Wildman–Crippen MR) is 92.1 cm³/mol. The number of carbonyl (C=O) groups is 1. The van der Waals surface area contributed by atoms with Gasteiger partial charge < -0.3 is 14.8 Å². The van der Waals surface area contributed by atoms with Crippen molar-refractivity contribution in [1.29, 1.82) is 0 Å². The van der Waals surface area contributed by atoms with Crippen molar-refractivity contribution in [2.75, 3.05) is 18.0 Å². The quantitative estimate of drug-likeness (QED) is 0.938. The number of aromatic nitrogens is 3. The van der Waals surface area contributed by atoms with Gasteiger partial charge in [-0.15, -0.1) is 0 Å². The number of imidazole rings is 1. The van der Waals surface area contributed by atoms with Crippen LogP contribution in [0.4, 0.5) is 5.82 Å². The number of hydrogen-bond acceptors (Lipinski definition) is 4. The molecule has 1 amide bonds. The summed E-state index contributed by atoms with van der Waals surface area (Å²) >= 11 is 0. The maximum atomic E-state index is 12.8. The third-order valence-electron chi connectivity index (χ3n) is 4.96. The summed E-state index contributed by atoms with van der Waals surface area (Å²) in [4.78, 5) is 23.9. The number of nitrogens with one attached hydrogen (secondary N) is 1. The van der Waals surface area contributed by atoms with Crippen LogP contribution in [0.5, 0.6) is 0 Å². The van der Waals surface area contributed by atoms with E-state index in [-0.39, 0.29) is 11.9 Å². The molecule has 2 aliphatic rings. The molecule has 2 aliphatic heterocycles. The minimum absolute atomic E-state index is 0.0164. The third-order valence-corrected chi connectivity index (χ3v) is 4.96. The van der Waals surface area contributed by atoms with Crippen molar-refractivity contribution in [3.05, 3.63) is 42.1 Å². The molecule has 6 nitrogen and oxygen atoms in total. The average molecular weight is 325 g/mol. The molecule has 4 heterocycles. The number of piperidine rings is 1. The molecular weight excluding hydrogens is 302 g/mol. The van der Waals surface area contributed by atoms with Crippen molar-refractivity contribution in [3.8, 4) is 0 Å². The van der Waals surface area contributed by atoms with Crippen LogP contribution in [0.25, 0.3) is 0 Å². The van der Waals surface area contributed by atoms with Crippen molar-refractivity contribution in [2.45, 2.75) is 44.7 Å². The first-order chi connectivity index (χ1) is 11.8. The van der Waals surface area contributed by atoms with E-state index in [1.165, 1.54) is 19.3 Å². The van der Waals surface area contributed by atoms with Gasteiger partial charge in [0.15, 0.2) is 0 Å². The van der Waals surface area contributed by atoms with Crippen molar-refractivity contribution in [1.82, 2.24) is 19.9 Å². The van der Waals surface area contributed by atoms with Crippen LogP contribution >= 0.6 is 0 Å². The van der Waals surface area contributed by atoms with Crippen LogP contribution in [-0.2, 0) is 13.0 Å².